The predicted molar refractivity (Wildman–Crippen MR) is 70.1 cm³/mol. The molecular weight excluding hydrogens is 282 g/mol. The highest BCUT2D eigenvalue weighted by Crippen LogP contribution is 2.27. The van der Waals surface area contributed by atoms with Gasteiger partial charge >= 0.3 is 0 Å². The summed E-state index contributed by atoms with van der Waals surface area (Å²) in [6.07, 6.45) is 2.27. The van der Waals surface area contributed by atoms with Gasteiger partial charge in [-0.15, -0.1) is 11.3 Å². The first-order valence-electron chi connectivity index (χ1n) is 5.31. The Morgan fingerprint density at radius 3 is 2.59 bits per heavy atom. The molecule has 0 spiro atoms. The molecule has 1 heterocycles. The molecule has 1 aromatic heterocycles. The molecule has 0 saturated carbocycles. The molecule has 0 aliphatic heterocycles. The molecule has 98 valence electrons. The Morgan fingerprint density at radius 2 is 2.06 bits per heavy atom. The van der Waals surface area contributed by atoms with E-state index >= 15 is 0 Å². The summed E-state index contributed by atoms with van der Waals surface area (Å²) in [5, 5.41) is 8.63. The zero-order valence-corrected chi connectivity index (χ0v) is 12.0. The van der Waals surface area contributed by atoms with E-state index in [-0.39, 0.29) is 10.8 Å². The summed E-state index contributed by atoms with van der Waals surface area (Å²) in [6.45, 7) is 0.606. The van der Waals surface area contributed by atoms with E-state index in [1.807, 2.05) is 0 Å². The van der Waals surface area contributed by atoms with E-state index in [0.717, 1.165) is 24.2 Å². The first kappa shape index (κ1) is 14.9. The standard InChI is InChI=1S/C10H16ClNO3S2/c1-12(7-3-2-4-8-13)17(14,15)10-6-5-9(11)16-10/h5-6,13H,2-4,7-8H2,1H3. The van der Waals surface area contributed by atoms with Crippen LogP contribution in [0.15, 0.2) is 16.3 Å². The van der Waals surface area contributed by atoms with Gasteiger partial charge < -0.3 is 5.11 Å². The van der Waals surface area contributed by atoms with Crippen molar-refractivity contribution in [2.45, 2.75) is 23.5 Å². The molecule has 1 rings (SSSR count). The maximum Gasteiger partial charge on any atom is 0.252 e. The molecule has 0 unspecified atom stereocenters. The third-order valence-electron chi connectivity index (χ3n) is 2.34. The van der Waals surface area contributed by atoms with Gasteiger partial charge in [0, 0.05) is 20.2 Å². The van der Waals surface area contributed by atoms with Crippen LogP contribution in [0.5, 0.6) is 0 Å². The Bertz CT molecular complexity index is 444. The number of rotatable bonds is 7. The molecule has 4 nitrogen and oxygen atoms in total. The summed E-state index contributed by atoms with van der Waals surface area (Å²) < 4.78 is 26.1. The third kappa shape index (κ3) is 4.22. The largest absolute Gasteiger partial charge is 0.396 e. The van der Waals surface area contributed by atoms with Crippen LogP contribution in [0.1, 0.15) is 19.3 Å². The van der Waals surface area contributed by atoms with E-state index in [1.54, 1.807) is 13.1 Å². The quantitative estimate of drug-likeness (QED) is 0.785. The SMILES string of the molecule is CN(CCCCCO)S(=O)(=O)c1ccc(Cl)s1. The Hall–Kier alpha value is -0.140. The number of hydrogen-bond acceptors (Lipinski definition) is 4. The lowest BCUT2D eigenvalue weighted by Crippen LogP contribution is -2.27. The second-order valence-electron chi connectivity index (χ2n) is 3.67. The summed E-state index contributed by atoms with van der Waals surface area (Å²) in [4.78, 5) is 0. The number of aliphatic hydroxyl groups is 1. The van der Waals surface area contributed by atoms with Crippen LogP contribution in [0.4, 0.5) is 0 Å². The van der Waals surface area contributed by atoms with Crippen LogP contribution >= 0.6 is 22.9 Å². The van der Waals surface area contributed by atoms with E-state index in [0.29, 0.717) is 17.3 Å². The van der Waals surface area contributed by atoms with E-state index in [1.165, 1.54) is 10.4 Å². The highest BCUT2D eigenvalue weighted by Gasteiger charge is 2.21. The third-order valence-corrected chi connectivity index (χ3v) is 5.90. The molecule has 0 aromatic carbocycles. The number of hydrogen-bond donors (Lipinski definition) is 1. The van der Waals surface area contributed by atoms with Crippen molar-refractivity contribution in [1.29, 1.82) is 0 Å². The minimum absolute atomic E-state index is 0.150. The number of unbranched alkanes of at least 4 members (excludes halogenated alkanes) is 2. The average Bonchev–Trinajstić information content (AvgIpc) is 2.71. The van der Waals surface area contributed by atoms with Crippen molar-refractivity contribution >= 4 is 33.0 Å². The number of halogens is 1. The van der Waals surface area contributed by atoms with Crippen LogP contribution in [0.3, 0.4) is 0 Å². The van der Waals surface area contributed by atoms with Gasteiger partial charge in [-0.2, -0.15) is 0 Å². The van der Waals surface area contributed by atoms with Crippen molar-refractivity contribution < 1.29 is 13.5 Å². The summed E-state index contributed by atoms with van der Waals surface area (Å²) in [5.74, 6) is 0. The van der Waals surface area contributed by atoms with Gasteiger partial charge in [0.25, 0.3) is 10.0 Å². The Morgan fingerprint density at radius 1 is 1.35 bits per heavy atom. The molecule has 1 N–H and O–H groups in total. The van der Waals surface area contributed by atoms with Gasteiger partial charge in [-0.25, -0.2) is 12.7 Å². The van der Waals surface area contributed by atoms with E-state index in [2.05, 4.69) is 0 Å². The lowest BCUT2D eigenvalue weighted by atomic mass is 10.2. The smallest absolute Gasteiger partial charge is 0.252 e. The predicted octanol–water partition coefficient (Wildman–Crippen LogP) is 2.18. The summed E-state index contributed by atoms with van der Waals surface area (Å²) in [7, 11) is -1.84. The van der Waals surface area contributed by atoms with E-state index in [9.17, 15) is 8.42 Å². The molecule has 0 aliphatic rings. The van der Waals surface area contributed by atoms with Crippen LogP contribution in [0.25, 0.3) is 0 Å². The van der Waals surface area contributed by atoms with Crippen LogP contribution in [-0.2, 0) is 10.0 Å². The summed E-state index contributed by atoms with van der Waals surface area (Å²) >= 11 is 6.79. The minimum atomic E-state index is -3.40. The lowest BCUT2D eigenvalue weighted by Gasteiger charge is -2.15. The van der Waals surface area contributed by atoms with Crippen molar-refractivity contribution in [2.24, 2.45) is 0 Å². The zero-order chi connectivity index (χ0) is 12.9. The molecule has 0 radical (unpaired) electrons. The molecule has 7 heteroatoms. The van der Waals surface area contributed by atoms with Crippen LogP contribution in [0.2, 0.25) is 4.34 Å². The fourth-order valence-corrected chi connectivity index (χ4v) is 4.24. The van der Waals surface area contributed by atoms with E-state index < -0.39 is 10.0 Å². The fourth-order valence-electron chi connectivity index (χ4n) is 1.33. The maximum absolute atomic E-state index is 12.0. The summed E-state index contributed by atoms with van der Waals surface area (Å²) in [5.41, 5.74) is 0. The molecule has 1 aromatic rings. The number of thiophene rings is 1. The molecule has 0 amide bonds. The Balaban J connectivity index is 2.58. The molecule has 0 fully saturated rings. The van der Waals surface area contributed by atoms with Crippen molar-refractivity contribution in [3.8, 4) is 0 Å². The van der Waals surface area contributed by atoms with Crippen LogP contribution < -0.4 is 0 Å². The van der Waals surface area contributed by atoms with Gasteiger partial charge in [-0.1, -0.05) is 11.6 Å². The normalized spacial score (nSPS) is 12.2. The molecule has 0 aliphatic carbocycles. The topological polar surface area (TPSA) is 57.6 Å². The van der Waals surface area contributed by atoms with Gasteiger partial charge in [0.05, 0.1) is 4.34 Å². The van der Waals surface area contributed by atoms with E-state index in [4.69, 9.17) is 16.7 Å². The van der Waals surface area contributed by atoms with Crippen molar-refractivity contribution in [2.75, 3.05) is 20.2 Å². The molecular formula is C10H16ClNO3S2. The first-order valence-corrected chi connectivity index (χ1v) is 7.94. The minimum Gasteiger partial charge on any atom is -0.396 e. The number of sulfonamides is 1. The van der Waals surface area contributed by atoms with Gasteiger partial charge in [0.15, 0.2) is 0 Å². The number of aliphatic hydroxyl groups excluding tert-OH is 1. The highest BCUT2D eigenvalue weighted by molar-refractivity contribution is 7.91. The zero-order valence-electron chi connectivity index (χ0n) is 9.60. The van der Waals surface area contributed by atoms with Crippen molar-refractivity contribution in [3.63, 3.8) is 0 Å². The second-order valence-corrected chi connectivity index (χ2v) is 7.66. The van der Waals surface area contributed by atoms with Gasteiger partial charge in [-0.05, 0) is 31.4 Å². The van der Waals surface area contributed by atoms with Gasteiger partial charge in [0.1, 0.15) is 4.21 Å². The fraction of sp³-hybridized carbons (Fsp3) is 0.600. The highest BCUT2D eigenvalue weighted by atomic mass is 35.5. The van der Waals surface area contributed by atoms with Gasteiger partial charge in [0.2, 0.25) is 0 Å². The molecule has 0 bridgehead atoms. The maximum atomic E-state index is 12.0. The first-order chi connectivity index (χ1) is 7.98. The van der Waals surface area contributed by atoms with Gasteiger partial charge in [-0.3, -0.25) is 0 Å². The Kier molecular flexibility index (Phi) is 5.88. The average molecular weight is 298 g/mol. The molecule has 0 saturated heterocycles. The van der Waals surface area contributed by atoms with Crippen LogP contribution in [0, 0.1) is 0 Å². The lowest BCUT2D eigenvalue weighted by molar-refractivity contribution is 0.281. The monoisotopic (exact) mass is 297 g/mol. The summed E-state index contributed by atoms with van der Waals surface area (Å²) in [6, 6.07) is 3.10. The Labute approximate surface area is 111 Å². The van der Waals surface area contributed by atoms with Crippen LogP contribution in [-0.4, -0.2) is 38.0 Å². The van der Waals surface area contributed by atoms with Crippen molar-refractivity contribution in [1.82, 2.24) is 4.31 Å². The van der Waals surface area contributed by atoms with Crippen molar-refractivity contribution in [3.05, 3.63) is 16.5 Å². The molecule has 0 atom stereocenters. The number of nitrogens with zero attached hydrogens (tertiary/aromatic N) is 1. The molecule has 17 heavy (non-hydrogen) atoms. The second kappa shape index (κ2) is 6.70.